The van der Waals surface area contributed by atoms with Crippen molar-refractivity contribution >= 4 is 27.8 Å². The van der Waals surface area contributed by atoms with Crippen molar-refractivity contribution in [3.63, 3.8) is 0 Å². The highest BCUT2D eigenvalue weighted by Crippen LogP contribution is 2.29. The van der Waals surface area contributed by atoms with Gasteiger partial charge in [0.25, 0.3) is 5.91 Å². The highest BCUT2D eigenvalue weighted by molar-refractivity contribution is 9.10. The zero-order chi connectivity index (χ0) is 16.3. The van der Waals surface area contributed by atoms with Crippen molar-refractivity contribution in [3.8, 4) is 0 Å². The van der Waals surface area contributed by atoms with Crippen LogP contribution in [-0.2, 0) is 9.53 Å². The maximum Gasteiger partial charge on any atom is 0.375 e. The maximum atomic E-state index is 12.2. The quantitative estimate of drug-likeness (QED) is 0.821. The molecule has 1 aliphatic carbocycles. The lowest BCUT2D eigenvalue weighted by atomic mass is 9.78. The van der Waals surface area contributed by atoms with E-state index in [1.165, 1.54) is 12.5 Å². The molecule has 1 N–H and O–H groups in total. The van der Waals surface area contributed by atoms with Gasteiger partial charge in [-0.1, -0.05) is 26.7 Å². The molecule has 1 saturated carbocycles. The molecule has 0 aromatic carbocycles. The molecule has 0 saturated heterocycles. The van der Waals surface area contributed by atoms with Gasteiger partial charge in [-0.15, -0.1) is 0 Å². The second-order valence-corrected chi connectivity index (χ2v) is 6.82. The zero-order valence-electron chi connectivity index (χ0n) is 13.1. The van der Waals surface area contributed by atoms with Gasteiger partial charge in [-0.2, -0.15) is 0 Å². The van der Waals surface area contributed by atoms with Gasteiger partial charge in [-0.25, -0.2) is 4.79 Å². The Morgan fingerprint density at radius 3 is 2.73 bits per heavy atom. The summed E-state index contributed by atoms with van der Waals surface area (Å²) in [6.45, 7) is 5.94. The summed E-state index contributed by atoms with van der Waals surface area (Å²) in [5.41, 5.74) is 0. The first-order valence-electron chi connectivity index (χ1n) is 7.65. The van der Waals surface area contributed by atoms with Crippen molar-refractivity contribution in [1.82, 2.24) is 5.32 Å². The fraction of sp³-hybridized carbons (Fsp3) is 0.625. The van der Waals surface area contributed by atoms with Crippen LogP contribution in [0.5, 0.6) is 0 Å². The molecule has 1 aliphatic rings. The summed E-state index contributed by atoms with van der Waals surface area (Å²) in [6.07, 6.45) is 2.44. The number of furan rings is 1. The van der Waals surface area contributed by atoms with Crippen molar-refractivity contribution in [2.24, 2.45) is 11.8 Å². The van der Waals surface area contributed by atoms with Crippen LogP contribution in [0.3, 0.4) is 0 Å². The van der Waals surface area contributed by atoms with Crippen LogP contribution >= 0.6 is 15.9 Å². The zero-order valence-corrected chi connectivity index (χ0v) is 14.7. The monoisotopic (exact) mass is 371 g/mol. The Morgan fingerprint density at radius 2 is 2.09 bits per heavy atom. The Morgan fingerprint density at radius 1 is 1.36 bits per heavy atom. The van der Waals surface area contributed by atoms with Gasteiger partial charge in [0.15, 0.2) is 10.8 Å². The van der Waals surface area contributed by atoms with Gasteiger partial charge in [-0.05, 0) is 53.2 Å². The first-order valence-corrected chi connectivity index (χ1v) is 8.44. The number of esters is 1. The molecule has 5 nitrogen and oxygen atoms in total. The summed E-state index contributed by atoms with van der Waals surface area (Å²) in [5, 5.41) is 3.00. The lowest BCUT2D eigenvalue weighted by molar-refractivity contribution is -0.130. The molecular formula is C16H22BrNO4. The van der Waals surface area contributed by atoms with Crippen LogP contribution in [0.2, 0.25) is 0 Å². The van der Waals surface area contributed by atoms with E-state index in [2.05, 4.69) is 35.1 Å². The van der Waals surface area contributed by atoms with E-state index in [9.17, 15) is 9.59 Å². The highest BCUT2D eigenvalue weighted by atomic mass is 79.9. The lowest BCUT2D eigenvalue weighted by Gasteiger charge is -2.35. The number of rotatable bonds is 4. The van der Waals surface area contributed by atoms with E-state index in [0.29, 0.717) is 16.5 Å². The minimum Gasteiger partial charge on any atom is -0.447 e. The number of amides is 1. The number of hydrogen-bond donors (Lipinski definition) is 1. The summed E-state index contributed by atoms with van der Waals surface area (Å²) in [4.78, 5) is 24.1. The molecule has 1 aromatic heterocycles. The highest BCUT2D eigenvalue weighted by Gasteiger charge is 2.30. The molecule has 0 aliphatic heterocycles. The molecule has 1 fully saturated rings. The SMILES string of the molecule is C[C@@H]1[C@@H](C)CCC[C@H]1NC(=O)[C@@H](C)OC(=O)c1ccc(Br)o1. The molecular weight excluding hydrogens is 350 g/mol. The molecule has 0 bridgehead atoms. The van der Waals surface area contributed by atoms with E-state index >= 15 is 0 Å². The molecule has 4 atom stereocenters. The van der Waals surface area contributed by atoms with Gasteiger partial charge in [0.1, 0.15) is 0 Å². The van der Waals surface area contributed by atoms with Gasteiger partial charge in [0.2, 0.25) is 5.76 Å². The first-order chi connectivity index (χ1) is 10.4. The van der Waals surface area contributed by atoms with Crippen LogP contribution < -0.4 is 5.32 Å². The fourth-order valence-electron chi connectivity index (χ4n) is 2.78. The Kier molecular flexibility index (Phi) is 5.67. The standard InChI is InChI=1S/C16H22BrNO4/c1-9-5-4-6-12(10(9)2)18-15(19)11(3)21-16(20)13-7-8-14(17)22-13/h7-12H,4-6H2,1-3H3,(H,18,19)/t9-,10+,11+,12+/m0/s1. The Labute approximate surface area is 138 Å². The minimum absolute atomic E-state index is 0.0752. The summed E-state index contributed by atoms with van der Waals surface area (Å²) in [5.74, 6) is 0.202. The van der Waals surface area contributed by atoms with Crippen molar-refractivity contribution in [1.29, 1.82) is 0 Å². The van der Waals surface area contributed by atoms with Crippen molar-refractivity contribution in [3.05, 3.63) is 22.6 Å². The number of hydrogen-bond acceptors (Lipinski definition) is 4. The van der Waals surface area contributed by atoms with Gasteiger partial charge in [-0.3, -0.25) is 4.79 Å². The average Bonchev–Trinajstić information content (AvgIpc) is 2.90. The van der Waals surface area contributed by atoms with Crippen molar-refractivity contribution in [2.75, 3.05) is 0 Å². The molecule has 1 amide bonds. The average molecular weight is 372 g/mol. The van der Waals surface area contributed by atoms with Crippen LogP contribution in [0.25, 0.3) is 0 Å². The first kappa shape index (κ1) is 17.1. The predicted molar refractivity (Wildman–Crippen MR) is 85.4 cm³/mol. The van der Waals surface area contributed by atoms with Gasteiger partial charge in [0, 0.05) is 6.04 Å². The molecule has 122 valence electrons. The van der Waals surface area contributed by atoms with E-state index in [1.807, 2.05) is 0 Å². The van der Waals surface area contributed by atoms with Crippen molar-refractivity contribution < 1.29 is 18.7 Å². The number of carbonyl (C=O) groups excluding carboxylic acids is 2. The number of ether oxygens (including phenoxy) is 1. The molecule has 22 heavy (non-hydrogen) atoms. The normalized spacial score (nSPS) is 26.3. The third kappa shape index (κ3) is 4.12. The van der Waals surface area contributed by atoms with E-state index in [4.69, 9.17) is 9.15 Å². The van der Waals surface area contributed by atoms with Gasteiger partial charge >= 0.3 is 5.97 Å². The van der Waals surface area contributed by atoms with Crippen molar-refractivity contribution in [2.45, 2.75) is 52.2 Å². The Hall–Kier alpha value is -1.30. The van der Waals surface area contributed by atoms with Crippen LogP contribution in [0, 0.1) is 11.8 Å². The molecule has 0 radical (unpaired) electrons. The third-order valence-electron chi connectivity index (χ3n) is 4.46. The Bertz CT molecular complexity index is 542. The van der Waals surface area contributed by atoms with Gasteiger partial charge < -0.3 is 14.5 Å². The van der Waals surface area contributed by atoms with E-state index < -0.39 is 12.1 Å². The lowest BCUT2D eigenvalue weighted by Crippen LogP contribution is -2.47. The van der Waals surface area contributed by atoms with Gasteiger partial charge in [0.05, 0.1) is 0 Å². The van der Waals surface area contributed by atoms with Crippen LogP contribution in [0.15, 0.2) is 21.2 Å². The molecule has 2 rings (SSSR count). The van der Waals surface area contributed by atoms with E-state index in [0.717, 1.165) is 12.8 Å². The number of carbonyl (C=O) groups is 2. The molecule has 1 heterocycles. The summed E-state index contributed by atoms with van der Waals surface area (Å²) in [6, 6.07) is 3.25. The summed E-state index contributed by atoms with van der Waals surface area (Å²) < 4.78 is 10.7. The fourth-order valence-corrected chi connectivity index (χ4v) is 3.09. The molecule has 0 spiro atoms. The summed E-state index contributed by atoms with van der Waals surface area (Å²) in [7, 11) is 0. The second kappa shape index (κ2) is 7.31. The smallest absolute Gasteiger partial charge is 0.375 e. The molecule has 0 unspecified atom stereocenters. The third-order valence-corrected chi connectivity index (χ3v) is 4.89. The molecule has 6 heteroatoms. The van der Waals surface area contributed by atoms with Crippen LogP contribution in [0.1, 0.15) is 50.6 Å². The predicted octanol–water partition coefficient (Wildman–Crippen LogP) is 3.53. The van der Waals surface area contributed by atoms with E-state index in [1.54, 1.807) is 13.0 Å². The largest absolute Gasteiger partial charge is 0.447 e. The molecule has 1 aromatic rings. The van der Waals surface area contributed by atoms with E-state index in [-0.39, 0.29) is 17.7 Å². The van der Waals surface area contributed by atoms with Crippen LogP contribution in [0.4, 0.5) is 0 Å². The maximum absolute atomic E-state index is 12.2. The van der Waals surface area contributed by atoms with Crippen LogP contribution in [-0.4, -0.2) is 24.0 Å². The summed E-state index contributed by atoms with van der Waals surface area (Å²) >= 11 is 3.12. The number of halogens is 1. The topological polar surface area (TPSA) is 68.5 Å². The Balaban J connectivity index is 1.88. The number of nitrogens with one attached hydrogen (secondary N) is 1. The second-order valence-electron chi connectivity index (χ2n) is 6.03. The minimum atomic E-state index is -0.846.